The molecule has 0 spiro atoms. The van der Waals surface area contributed by atoms with E-state index in [1.54, 1.807) is 18.2 Å². The average molecular weight is 335 g/mol. The first-order valence-corrected chi connectivity index (χ1v) is 8.04. The van der Waals surface area contributed by atoms with E-state index in [-0.39, 0.29) is 24.0 Å². The third-order valence-corrected chi connectivity index (χ3v) is 4.12. The fourth-order valence-corrected chi connectivity index (χ4v) is 2.70. The number of rotatable bonds is 6. The first-order chi connectivity index (χ1) is 11.0. The van der Waals surface area contributed by atoms with Gasteiger partial charge in [0.2, 0.25) is 0 Å². The number of amides is 1. The van der Waals surface area contributed by atoms with Crippen LogP contribution in [0.1, 0.15) is 30.6 Å². The van der Waals surface area contributed by atoms with E-state index in [0.717, 1.165) is 0 Å². The van der Waals surface area contributed by atoms with E-state index in [0.29, 0.717) is 40.7 Å². The standard InChI is InChI=1S/C16H21N3O3S/c1-3-19-15(22)12-5-4-11(8-13(12)18-16(19)23)14(21)17-9-10(2)6-7-20/h4-5,8,10,20H,3,6-7,9H2,1-2H3,(H,17,21)(H,18,23)/t10-/m0/s1. The lowest BCUT2D eigenvalue weighted by molar-refractivity contribution is 0.0945. The molecule has 0 bridgehead atoms. The van der Waals surface area contributed by atoms with Gasteiger partial charge < -0.3 is 15.4 Å². The molecule has 2 aromatic rings. The Labute approximate surface area is 139 Å². The van der Waals surface area contributed by atoms with Crippen molar-refractivity contribution in [3.8, 4) is 0 Å². The van der Waals surface area contributed by atoms with Gasteiger partial charge in [-0.05, 0) is 49.7 Å². The number of hydrogen-bond donors (Lipinski definition) is 3. The van der Waals surface area contributed by atoms with Crippen LogP contribution in [-0.4, -0.2) is 33.7 Å². The topological polar surface area (TPSA) is 87.1 Å². The van der Waals surface area contributed by atoms with Gasteiger partial charge in [0.15, 0.2) is 4.77 Å². The summed E-state index contributed by atoms with van der Waals surface area (Å²) in [6, 6.07) is 4.91. The molecule has 124 valence electrons. The fraction of sp³-hybridized carbons (Fsp3) is 0.438. The molecule has 1 aromatic carbocycles. The first-order valence-electron chi connectivity index (χ1n) is 7.63. The summed E-state index contributed by atoms with van der Waals surface area (Å²) in [6.45, 7) is 4.90. The molecular weight excluding hydrogens is 314 g/mol. The molecular formula is C16H21N3O3S. The number of benzene rings is 1. The smallest absolute Gasteiger partial charge is 0.262 e. The molecule has 1 aromatic heterocycles. The monoisotopic (exact) mass is 335 g/mol. The minimum Gasteiger partial charge on any atom is -0.396 e. The molecule has 6 nitrogen and oxygen atoms in total. The van der Waals surface area contributed by atoms with Gasteiger partial charge in [-0.15, -0.1) is 0 Å². The van der Waals surface area contributed by atoms with Gasteiger partial charge in [-0.3, -0.25) is 14.2 Å². The second kappa shape index (κ2) is 7.52. The summed E-state index contributed by atoms with van der Waals surface area (Å²) in [5.41, 5.74) is 0.864. The molecule has 23 heavy (non-hydrogen) atoms. The normalized spacial score (nSPS) is 12.3. The number of nitrogens with one attached hydrogen (secondary N) is 2. The van der Waals surface area contributed by atoms with Crippen molar-refractivity contribution in [2.24, 2.45) is 5.92 Å². The number of aliphatic hydroxyl groups is 1. The van der Waals surface area contributed by atoms with Crippen molar-refractivity contribution in [2.75, 3.05) is 13.2 Å². The van der Waals surface area contributed by atoms with Crippen molar-refractivity contribution in [3.05, 3.63) is 38.9 Å². The highest BCUT2D eigenvalue weighted by Crippen LogP contribution is 2.11. The Hall–Kier alpha value is -1.99. The van der Waals surface area contributed by atoms with Gasteiger partial charge in [0.1, 0.15) is 0 Å². The number of nitrogens with zero attached hydrogens (tertiary/aromatic N) is 1. The molecule has 0 unspecified atom stereocenters. The van der Waals surface area contributed by atoms with Crippen LogP contribution in [0, 0.1) is 10.7 Å². The zero-order valence-corrected chi connectivity index (χ0v) is 14.1. The van der Waals surface area contributed by atoms with E-state index in [1.807, 2.05) is 13.8 Å². The lowest BCUT2D eigenvalue weighted by Crippen LogP contribution is -2.28. The number of aromatic nitrogens is 2. The second-order valence-electron chi connectivity index (χ2n) is 5.57. The molecule has 0 fully saturated rings. The quantitative estimate of drug-likeness (QED) is 0.703. The lowest BCUT2D eigenvalue weighted by Gasteiger charge is -2.11. The summed E-state index contributed by atoms with van der Waals surface area (Å²) in [7, 11) is 0. The highest BCUT2D eigenvalue weighted by atomic mass is 32.1. The van der Waals surface area contributed by atoms with Crippen LogP contribution in [0.25, 0.3) is 10.9 Å². The van der Waals surface area contributed by atoms with Crippen LogP contribution in [0.5, 0.6) is 0 Å². The van der Waals surface area contributed by atoms with Crippen LogP contribution in [0.2, 0.25) is 0 Å². The molecule has 0 radical (unpaired) electrons. The molecule has 0 saturated heterocycles. The van der Waals surface area contributed by atoms with Gasteiger partial charge in [0, 0.05) is 25.3 Å². The van der Waals surface area contributed by atoms with Gasteiger partial charge in [-0.2, -0.15) is 0 Å². The van der Waals surface area contributed by atoms with E-state index in [2.05, 4.69) is 10.3 Å². The number of fused-ring (bicyclic) bond motifs is 1. The molecule has 1 amide bonds. The zero-order valence-electron chi connectivity index (χ0n) is 13.3. The summed E-state index contributed by atoms with van der Waals surface area (Å²) in [5, 5.41) is 12.2. The second-order valence-corrected chi connectivity index (χ2v) is 5.95. The van der Waals surface area contributed by atoms with Crippen LogP contribution in [0.15, 0.2) is 23.0 Å². The van der Waals surface area contributed by atoms with Gasteiger partial charge >= 0.3 is 0 Å². The molecule has 0 aliphatic carbocycles. The molecule has 3 N–H and O–H groups in total. The minimum atomic E-state index is -0.212. The maximum absolute atomic E-state index is 12.3. The van der Waals surface area contributed by atoms with Crippen molar-refractivity contribution in [3.63, 3.8) is 0 Å². The predicted molar refractivity (Wildman–Crippen MR) is 92.3 cm³/mol. The number of carbonyl (C=O) groups is 1. The van der Waals surface area contributed by atoms with Crippen LogP contribution in [0.3, 0.4) is 0 Å². The van der Waals surface area contributed by atoms with Crippen LogP contribution >= 0.6 is 12.2 Å². The molecule has 0 aliphatic rings. The van der Waals surface area contributed by atoms with Crippen molar-refractivity contribution in [1.82, 2.24) is 14.9 Å². The highest BCUT2D eigenvalue weighted by molar-refractivity contribution is 7.71. The minimum absolute atomic E-state index is 0.104. The fourth-order valence-electron chi connectivity index (χ4n) is 2.37. The third kappa shape index (κ3) is 3.86. The molecule has 1 heterocycles. The van der Waals surface area contributed by atoms with E-state index in [1.165, 1.54) is 4.57 Å². The van der Waals surface area contributed by atoms with E-state index in [9.17, 15) is 9.59 Å². The third-order valence-electron chi connectivity index (χ3n) is 3.79. The maximum Gasteiger partial charge on any atom is 0.262 e. The summed E-state index contributed by atoms with van der Waals surface area (Å²) < 4.78 is 1.83. The lowest BCUT2D eigenvalue weighted by atomic mass is 10.1. The summed E-state index contributed by atoms with van der Waals surface area (Å²) in [4.78, 5) is 27.5. The Morgan fingerprint density at radius 3 is 2.87 bits per heavy atom. The van der Waals surface area contributed by atoms with Gasteiger partial charge in [-0.1, -0.05) is 6.92 Å². The summed E-state index contributed by atoms with van der Waals surface area (Å²) in [5.74, 6) is -0.0114. The number of aromatic amines is 1. The Kier molecular flexibility index (Phi) is 5.68. The largest absolute Gasteiger partial charge is 0.396 e. The first kappa shape index (κ1) is 17.4. The Morgan fingerprint density at radius 1 is 1.48 bits per heavy atom. The number of aliphatic hydroxyl groups excluding tert-OH is 1. The van der Waals surface area contributed by atoms with E-state index in [4.69, 9.17) is 17.3 Å². The Bertz CT molecular complexity index is 825. The van der Waals surface area contributed by atoms with Gasteiger partial charge in [0.25, 0.3) is 11.5 Å². The number of hydrogen-bond acceptors (Lipinski definition) is 4. The zero-order chi connectivity index (χ0) is 17.0. The van der Waals surface area contributed by atoms with Gasteiger partial charge in [-0.25, -0.2) is 0 Å². The van der Waals surface area contributed by atoms with Crippen LogP contribution < -0.4 is 10.9 Å². The summed E-state index contributed by atoms with van der Waals surface area (Å²) in [6.07, 6.45) is 0.641. The number of carbonyl (C=O) groups excluding carboxylic acids is 1. The van der Waals surface area contributed by atoms with Crippen molar-refractivity contribution < 1.29 is 9.90 Å². The molecule has 0 saturated carbocycles. The average Bonchev–Trinajstić information content (AvgIpc) is 2.52. The van der Waals surface area contributed by atoms with Crippen LogP contribution in [0.4, 0.5) is 0 Å². The van der Waals surface area contributed by atoms with Crippen molar-refractivity contribution >= 4 is 29.0 Å². The number of H-pyrrole nitrogens is 1. The van der Waals surface area contributed by atoms with Gasteiger partial charge in [0.05, 0.1) is 10.9 Å². The molecule has 0 aliphatic heterocycles. The molecule has 1 atom stereocenters. The Morgan fingerprint density at radius 2 is 2.22 bits per heavy atom. The maximum atomic E-state index is 12.3. The van der Waals surface area contributed by atoms with E-state index < -0.39 is 0 Å². The molecule has 2 rings (SSSR count). The Balaban J connectivity index is 2.28. The van der Waals surface area contributed by atoms with Crippen molar-refractivity contribution in [1.29, 1.82) is 0 Å². The highest BCUT2D eigenvalue weighted by Gasteiger charge is 2.11. The van der Waals surface area contributed by atoms with Crippen molar-refractivity contribution in [2.45, 2.75) is 26.8 Å². The molecule has 7 heteroatoms. The van der Waals surface area contributed by atoms with Crippen LogP contribution in [-0.2, 0) is 6.54 Å². The SMILES string of the molecule is CCn1c(=S)[nH]c2cc(C(=O)NC[C@@H](C)CCO)ccc2c1=O. The predicted octanol–water partition coefficient (Wildman–Crippen LogP) is 1.83. The summed E-state index contributed by atoms with van der Waals surface area (Å²) >= 11 is 5.17. The van der Waals surface area contributed by atoms with E-state index >= 15 is 0 Å².